The molecule has 3 aromatic rings. The maximum Gasteiger partial charge on any atom is 0.490 e. The fraction of sp³-hybridized carbons (Fsp3) is 0.269. The van der Waals surface area contributed by atoms with Gasteiger partial charge in [-0.1, -0.05) is 60.7 Å². The van der Waals surface area contributed by atoms with Crippen LogP contribution in [-0.4, -0.2) is 46.9 Å². The van der Waals surface area contributed by atoms with Crippen molar-refractivity contribution in [1.29, 1.82) is 0 Å². The van der Waals surface area contributed by atoms with Gasteiger partial charge in [0.2, 0.25) is 11.0 Å². The summed E-state index contributed by atoms with van der Waals surface area (Å²) in [6.45, 7) is 0.454. The molecule has 0 bridgehead atoms. The van der Waals surface area contributed by atoms with Gasteiger partial charge in [0.25, 0.3) is 0 Å². The Morgan fingerprint density at radius 2 is 1.51 bits per heavy atom. The predicted molar refractivity (Wildman–Crippen MR) is 139 cm³/mol. The average molecular weight is 536 g/mol. The van der Waals surface area contributed by atoms with Crippen LogP contribution < -0.4 is 16.4 Å². The molecule has 0 unspecified atom stereocenters. The summed E-state index contributed by atoms with van der Waals surface area (Å²) in [6.07, 6.45) is -3.64. The average Bonchev–Trinajstić information content (AvgIpc) is 2.87. The summed E-state index contributed by atoms with van der Waals surface area (Å²) in [4.78, 5) is 36.4. The lowest BCUT2D eigenvalue weighted by Gasteiger charge is -2.32. The number of benzene rings is 3. The number of halogens is 3. The molecule has 3 aromatic carbocycles. The van der Waals surface area contributed by atoms with Crippen molar-refractivity contribution in [1.82, 2.24) is 0 Å². The first-order valence-electron chi connectivity index (χ1n) is 11.3. The second-order valence-corrected chi connectivity index (χ2v) is 8.56. The second kappa shape index (κ2) is 13.8. The van der Waals surface area contributed by atoms with Gasteiger partial charge in [0.15, 0.2) is 0 Å². The molecule has 0 saturated heterocycles. The summed E-state index contributed by atoms with van der Waals surface area (Å²) in [6, 6.07) is 21.7. The van der Waals surface area contributed by atoms with E-state index >= 15 is 0 Å². The largest absolute Gasteiger partial charge is 0.490 e. The molecule has 0 aliphatic rings. The van der Waals surface area contributed by atoms with E-state index < -0.39 is 24.2 Å². The third-order valence-electron chi connectivity index (χ3n) is 5.40. The minimum atomic E-state index is -5.08. The Morgan fingerprint density at radius 1 is 0.946 bits per heavy atom. The molecule has 0 aliphatic heterocycles. The summed E-state index contributed by atoms with van der Waals surface area (Å²) in [5.41, 5.74) is 13.4. The Morgan fingerprint density at radius 3 is 2.05 bits per heavy atom. The number of alkyl halides is 3. The van der Waals surface area contributed by atoms with Crippen LogP contribution in [0.1, 0.15) is 18.4 Å². The number of nitrogens with zero attached hydrogens (tertiary/aromatic N) is 1. The highest BCUT2D eigenvalue weighted by Crippen LogP contribution is 2.27. The molecule has 0 aromatic heterocycles. The molecular weight excluding hydrogens is 507 g/mol. The number of carbonyl (C=O) groups is 3. The van der Waals surface area contributed by atoms with Gasteiger partial charge in [0, 0.05) is 12.1 Å². The lowest BCUT2D eigenvalue weighted by Crippen LogP contribution is -2.52. The zero-order valence-electron chi connectivity index (χ0n) is 19.8. The van der Waals surface area contributed by atoms with E-state index in [0.29, 0.717) is 31.5 Å². The molecule has 0 radical (unpaired) electrons. The second-order valence-electron chi connectivity index (χ2n) is 8.12. The van der Waals surface area contributed by atoms with Gasteiger partial charge in [-0.05, 0) is 47.9 Å². The number of thiol groups is 1. The predicted octanol–water partition coefficient (Wildman–Crippen LogP) is 3.94. The molecule has 0 spiro atoms. The zero-order chi connectivity index (χ0) is 27.6. The molecular formula is C26H28F3N3O4S. The summed E-state index contributed by atoms with van der Waals surface area (Å²) < 4.78 is 31.7. The minimum absolute atomic E-state index is 0.304. The Bertz CT molecular complexity index is 1210. The molecule has 0 saturated carbocycles. The fourth-order valence-electron chi connectivity index (χ4n) is 3.55. The van der Waals surface area contributed by atoms with Crippen LogP contribution in [-0.2, 0) is 20.8 Å². The summed E-state index contributed by atoms with van der Waals surface area (Å²) in [5.74, 6) is -3.06. The molecule has 5 N–H and O–H groups in total. The molecule has 0 fully saturated rings. The fourth-order valence-corrected chi connectivity index (χ4v) is 3.76. The number of nitrogens with two attached hydrogens (primary N) is 2. The van der Waals surface area contributed by atoms with Gasteiger partial charge in [-0.25, -0.2) is 4.79 Å². The van der Waals surface area contributed by atoms with Crippen molar-refractivity contribution in [3.63, 3.8) is 0 Å². The number of fused-ring (bicyclic) bond motifs is 1. The lowest BCUT2D eigenvalue weighted by molar-refractivity contribution is -0.192. The van der Waals surface area contributed by atoms with E-state index in [2.05, 4.69) is 12.6 Å². The lowest BCUT2D eigenvalue weighted by atomic mass is 10.0. The van der Waals surface area contributed by atoms with Crippen molar-refractivity contribution in [2.24, 2.45) is 11.5 Å². The number of anilines is 1. The van der Waals surface area contributed by atoms with Gasteiger partial charge in [0.1, 0.15) is 6.04 Å². The van der Waals surface area contributed by atoms with Crippen LogP contribution in [0.25, 0.3) is 10.8 Å². The Hall–Kier alpha value is -3.41. The molecule has 198 valence electrons. The van der Waals surface area contributed by atoms with E-state index in [1.54, 1.807) is 0 Å². The highest BCUT2D eigenvalue weighted by Gasteiger charge is 2.38. The first kappa shape index (κ1) is 29.8. The molecule has 2 atom stereocenters. The summed E-state index contributed by atoms with van der Waals surface area (Å²) in [5, 5.41) is 8.78. The monoisotopic (exact) mass is 535 g/mol. The van der Waals surface area contributed by atoms with Crippen LogP contribution in [0.4, 0.5) is 18.9 Å². The number of hydrogen-bond acceptors (Lipinski definition) is 5. The maximum atomic E-state index is 13.4. The van der Waals surface area contributed by atoms with Gasteiger partial charge in [0.05, 0.1) is 6.04 Å². The van der Waals surface area contributed by atoms with E-state index in [0.717, 1.165) is 16.3 Å². The zero-order valence-corrected chi connectivity index (χ0v) is 20.7. The van der Waals surface area contributed by atoms with Crippen molar-refractivity contribution in [3.05, 3.63) is 78.4 Å². The normalized spacial score (nSPS) is 12.7. The summed E-state index contributed by atoms with van der Waals surface area (Å²) >= 11 is 4.13. The first-order valence-corrected chi connectivity index (χ1v) is 11.7. The van der Waals surface area contributed by atoms with Gasteiger partial charge < -0.3 is 16.6 Å². The molecule has 0 aliphatic carbocycles. The molecule has 0 heterocycles. The van der Waals surface area contributed by atoms with Crippen molar-refractivity contribution in [2.75, 3.05) is 11.4 Å². The smallest absolute Gasteiger partial charge is 0.475 e. The highest BCUT2D eigenvalue weighted by molar-refractivity contribution is 7.96. The molecule has 3 rings (SSSR count). The van der Waals surface area contributed by atoms with E-state index in [9.17, 15) is 22.8 Å². The number of carboxylic acid groups (broad SMARTS) is 1. The van der Waals surface area contributed by atoms with Crippen LogP contribution in [0.2, 0.25) is 0 Å². The van der Waals surface area contributed by atoms with Gasteiger partial charge in [-0.15, -0.1) is 12.6 Å². The van der Waals surface area contributed by atoms with Crippen LogP contribution in [0.3, 0.4) is 0 Å². The topological polar surface area (TPSA) is 127 Å². The molecule has 11 heteroatoms. The van der Waals surface area contributed by atoms with Crippen LogP contribution in [0.15, 0.2) is 72.8 Å². The number of carbonyl (C=O) groups excluding carboxylic acids is 2. The third-order valence-corrected chi connectivity index (χ3v) is 5.69. The minimum Gasteiger partial charge on any atom is -0.475 e. The van der Waals surface area contributed by atoms with Crippen molar-refractivity contribution >= 4 is 46.1 Å². The van der Waals surface area contributed by atoms with Gasteiger partial charge in [-0.3, -0.25) is 14.5 Å². The van der Waals surface area contributed by atoms with Crippen LogP contribution in [0.5, 0.6) is 0 Å². The van der Waals surface area contributed by atoms with Crippen LogP contribution in [0, 0.1) is 0 Å². The van der Waals surface area contributed by atoms with Crippen LogP contribution >= 0.6 is 12.6 Å². The number of aliphatic carboxylic acids is 1. The van der Waals surface area contributed by atoms with E-state index in [1.165, 1.54) is 4.90 Å². The van der Waals surface area contributed by atoms with E-state index in [1.807, 2.05) is 72.8 Å². The standard InChI is InChI=1S/C24H27N3O2S.C2HF3O2/c25-14-6-11-21(26)23(28)27(20-13-12-18-9-4-5-10-19(18)16-20)22(24(29)30)15-17-7-2-1-3-8-17;3-2(4,5)1(6)7/h1-5,7-10,12-13,16,21-22H,6,11,14-15,25-26H2,(H,29,30);(H,6,7)/t21-,22-;/m1./s1. The van der Waals surface area contributed by atoms with Crippen molar-refractivity contribution in [2.45, 2.75) is 37.5 Å². The quantitative estimate of drug-likeness (QED) is 0.308. The number of hydrogen-bond donors (Lipinski definition) is 4. The molecule has 1 amide bonds. The summed E-state index contributed by atoms with van der Waals surface area (Å²) in [7, 11) is 0. The number of amides is 1. The van der Waals surface area contributed by atoms with E-state index in [4.69, 9.17) is 21.4 Å². The Kier molecular flexibility index (Phi) is 11.1. The van der Waals surface area contributed by atoms with Crippen molar-refractivity contribution in [3.8, 4) is 0 Å². The third kappa shape index (κ3) is 8.88. The van der Waals surface area contributed by atoms with Gasteiger partial charge >= 0.3 is 12.1 Å². The van der Waals surface area contributed by atoms with Gasteiger partial charge in [-0.2, -0.15) is 13.2 Å². The highest BCUT2D eigenvalue weighted by atomic mass is 32.1. The first-order chi connectivity index (χ1) is 17.5. The molecule has 7 nitrogen and oxygen atoms in total. The molecule has 37 heavy (non-hydrogen) atoms. The Balaban J connectivity index is 0.000000604. The van der Waals surface area contributed by atoms with Crippen molar-refractivity contribution < 1.29 is 32.7 Å². The van der Waals surface area contributed by atoms with E-state index in [-0.39, 0.29) is 11.0 Å². The number of rotatable bonds is 9. The Labute approximate surface area is 217 Å². The number of carboxylic acids is 1. The maximum absolute atomic E-state index is 13.4. The SMILES string of the molecule is NCCC[C@@H](N)C(=O)N(c1ccc2ccccc2c1)[C@H](Cc1ccccc1)C(=O)S.O=C(O)C(F)(F)F.